The molecule has 2 N–H and O–H groups in total. The van der Waals surface area contributed by atoms with Crippen molar-refractivity contribution < 1.29 is 9.53 Å². The van der Waals surface area contributed by atoms with Gasteiger partial charge in [-0.2, -0.15) is 4.98 Å². The first kappa shape index (κ1) is 19.9. The number of fused-ring (bicyclic) bond motifs is 1. The lowest BCUT2D eigenvalue weighted by Gasteiger charge is -2.17. The van der Waals surface area contributed by atoms with Gasteiger partial charge in [0.15, 0.2) is 5.78 Å². The fraction of sp³-hybridized carbons (Fsp3) is 0.292. The van der Waals surface area contributed by atoms with Crippen molar-refractivity contribution in [3.8, 4) is 5.75 Å². The Kier molecular flexibility index (Phi) is 5.40. The smallest absolute Gasteiger partial charge is 0.229 e. The number of carbonyl (C=O) groups excluding carboxylic acids is 1. The summed E-state index contributed by atoms with van der Waals surface area (Å²) in [4.78, 5) is 21.3. The third kappa shape index (κ3) is 4.13. The molecule has 0 spiro atoms. The molecule has 0 unspecified atom stereocenters. The van der Waals surface area contributed by atoms with E-state index >= 15 is 0 Å². The van der Waals surface area contributed by atoms with Gasteiger partial charge in [-0.1, -0.05) is 18.2 Å². The van der Waals surface area contributed by atoms with Gasteiger partial charge in [-0.25, -0.2) is 4.98 Å². The van der Waals surface area contributed by atoms with Crippen molar-refractivity contribution in [3.05, 3.63) is 64.8 Å². The second kappa shape index (κ2) is 8.14. The van der Waals surface area contributed by atoms with Crippen molar-refractivity contribution in [2.24, 2.45) is 0 Å². The Morgan fingerprint density at radius 3 is 2.57 bits per heavy atom. The number of para-hydroxylation sites is 1. The first-order chi connectivity index (χ1) is 14.4. The molecule has 0 radical (unpaired) electrons. The Bertz CT molecular complexity index is 1110. The van der Waals surface area contributed by atoms with Crippen LogP contribution in [0.15, 0.2) is 42.6 Å². The standard InChI is InChI=1S/C24H26N4O2/c1-14(2)30-22-11-17-9-10-21(29)18(17)12-20(22)27-24-25-13-16(4)23(28-24)26-19-8-6-5-7-15(19)3/h5-8,11-14H,9-10H2,1-4H3,(H2,25,26,27,28). The maximum Gasteiger partial charge on any atom is 0.229 e. The zero-order valence-corrected chi connectivity index (χ0v) is 17.7. The van der Waals surface area contributed by atoms with Crippen molar-refractivity contribution in [2.75, 3.05) is 10.6 Å². The quantitative estimate of drug-likeness (QED) is 0.567. The molecule has 0 bridgehead atoms. The molecule has 4 rings (SSSR count). The van der Waals surface area contributed by atoms with Gasteiger partial charge in [0.2, 0.25) is 5.95 Å². The van der Waals surface area contributed by atoms with Gasteiger partial charge in [-0.05, 0) is 63.4 Å². The Labute approximate surface area is 176 Å². The summed E-state index contributed by atoms with van der Waals surface area (Å²) in [6, 6.07) is 11.9. The van der Waals surface area contributed by atoms with E-state index < -0.39 is 0 Å². The minimum Gasteiger partial charge on any atom is -0.489 e. The summed E-state index contributed by atoms with van der Waals surface area (Å²) in [7, 11) is 0. The fourth-order valence-electron chi connectivity index (χ4n) is 3.51. The summed E-state index contributed by atoms with van der Waals surface area (Å²) in [5.41, 5.74) is 5.55. The molecule has 0 saturated carbocycles. The van der Waals surface area contributed by atoms with Crippen molar-refractivity contribution in [3.63, 3.8) is 0 Å². The van der Waals surface area contributed by atoms with Gasteiger partial charge in [0.1, 0.15) is 11.6 Å². The number of hydrogen-bond acceptors (Lipinski definition) is 6. The second-order valence-corrected chi connectivity index (χ2v) is 7.89. The van der Waals surface area contributed by atoms with Gasteiger partial charge in [-0.15, -0.1) is 0 Å². The number of Topliss-reactive ketones (excluding diaryl/α,β-unsaturated/α-hetero) is 1. The molecule has 1 heterocycles. The first-order valence-electron chi connectivity index (χ1n) is 10.2. The van der Waals surface area contributed by atoms with Crippen LogP contribution in [-0.4, -0.2) is 21.9 Å². The van der Waals surface area contributed by atoms with Gasteiger partial charge in [0.05, 0.1) is 11.8 Å². The number of nitrogens with zero attached hydrogens (tertiary/aromatic N) is 2. The highest BCUT2D eigenvalue weighted by Crippen LogP contribution is 2.35. The molecule has 1 aliphatic carbocycles. The predicted molar refractivity (Wildman–Crippen MR) is 119 cm³/mol. The predicted octanol–water partition coefficient (Wildman–Crippen LogP) is 5.50. The van der Waals surface area contributed by atoms with Crippen LogP contribution in [0.2, 0.25) is 0 Å². The Morgan fingerprint density at radius 1 is 1.00 bits per heavy atom. The van der Waals surface area contributed by atoms with Gasteiger partial charge >= 0.3 is 0 Å². The SMILES string of the molecule is Cc1ccccc1Nc1nc(Nc2cc3c(cc2OC(C)C)CCC3=O)ncc1C. The zero-order valence-electron chi connectivity index (χ0n) is 17.7. The molecular formula is C24H26N4O2. The van der Waals surface area contributed by atoms with Gasteiger partial charge in [-0.3, -0.25) is 4.79 Å². The molecule has 3 aromatic rings. The normalized spacial score (nSPS) is 12.8. The maximum absolute atomic E-state index is 12.2. The molecule has 0 aliphatic heterocycles. The lowest BCUT2D eigenvalue weighted by molar-refractivity contribution is 0.0994. The third-order valence-corrected chi connectivity index (χ3v) is 5.11. The number of ether oxygens (including phenoxy) is 1. The number of nitrogens with one attached hydrogen (secondary N) is 2. The molecule has 0 saturated heterocycles. The second-order valence-electron chi connectivity index (χ2n) is 7.89. The van der Waals surface area contributed by atoms with E-state index in [1.165, 1.54) is 0 Å². The summed E-state index contributed by atoms with van der Waals surface area (Å²) in [6.45, 7) is 7.98. The highest BCUT2D eigenvalue weighted by Gasteiger charge is 2.23. The maximum atomic E-state index is 12.2. The van der Waals surface area contributed by atoms with E-state index in [2.05, 4.69) is 33.6 Å². The molecule has 6 heteroatoms. The minimum absolute atomic E-state index is 0.0120. The summed E-state index contributed by atoms with van der Waals surface area (Å²) < 4.78 is 6.00. The molecule has 1 aliphatic rings. The molecule has 0 amide bonds. The molecule has 2 aromatic carbocycles. The number of benzene rings is 2. The minimum atomic E-state index is 0.0120. The van der Waals surface area contributed by atoms with Crippen LogP contribution in [-0.2, 0) is 6.42 Å². The van der Waals surface area contributed by atoms with E-state index in [0.29, 0.717) is 23.8 Å². The van der Waals surface area contributed by atoms with Crippen LogP contribution in [0.1, 0.15) is 47.3 Å². The van der Waals surface area contributed by atoms with Crippen LogP contribution in [0.5, 0.6) is 5.75 Å². The molecule has 1 aromatic heterocycles. The number of anilines is 4. The van der Waals surface area contributed by atoms with Crippen LogP contribution in [0.4, 0.5) is 23.1 Å². The van der Waals surface area contributed by atoms with Gasteiger partial charge < -0.3 is 15.4 Å². The van der Waals surface area contributed by atoms with E-state index in [-0.39, 0.29) is 11.9 Å². The first-order valence-corrected chi connectivity index (χ1v) is 10.2. The molecule has 0 atom stereocenters. The van der Waals surface area contributed by atoms with Crippen LogP contribution >= 0.6 is 0 Å². The van der Waals surface area contributed by atoms with E-state index in [0.717, 1.165) is 40.2 Å². The number of aryl methyl sites for hydroxylation is 3. The van der Waals surface area contributed by atoms with E-state index in [1.54, 1.807) is 6.20 Å². The van der Waals surface area contributed by atoms with Crippen molar-refractivity contribution in [2.45, 2.75) is 46.6 Å². The number of ketones is 1. The average molecular weight is 402 g/mol. The monoisotopic (exact) mass is 402 g/mol. The van der Waals surface area contributed by atoms with Crippen LogP contribution in [0.3, 0.4) is 0 Å². The molecular weight excluding hydrogens is 376 g/mol. The number of aromatic nitrogens is 2. The topological polar surface area (TPSA) is 76.1 Å². The molecule has 0 fully saturated rings. The van der Waals surface area contributed by atoms with Crippen LogP contribution in [0.25, 0.3) is 0 Å². The van der Waals surface area contributed by atoms with E-state index in [4.69, 9.17) is 4.74 Å². The summed E-state index contributed by atoms with van der Waals surface area (Å²) in [5.74, 6) is 2.04. The Hall–Kier alpha value is -3.41. The summed E-state index contributed by atoms with van der Waals surface area (Å²) in [6.07, 6.45) is 3.09. The largest absolute Gasteiger partial charge is 0.489 e. The average Bonchev–Trinajstić information content (AvgIpc) is 3.06. The number of carbonyl (C=O) groups is 1. The molecule has 6 nitrogen and oxygen atoms in total. The summed E-state index contributed by atoms with van der Waals surface area (Å²) >= 11 is 0. The van der Waals surface area contributed by atoms with Crippen molar-refractivity contribution >= 4 is 28.9 Å². The highest BCUT2D eigenvalue weighted by atomic mass is 16.5. The number of hydrogen-bond donors (Lipinski definition) is 2. The fourth-order valence-corrected chi connectivity index (χ4v) is 3.51. The van der Waals surface area contributed by atoms with Crippen molar-refractivity contribution in [1.29, 1.82) is 0 Å². The van der Waals surface area contributed by atoms with Gasteiger partial charge in [0, 0.05) is 29.4 Å². The Balaban J connectivity index is 1.67. The molecule has 154 valence electrons. The van der Waals surface area contributed by atoms with Crippen molar-refractivity contribution in [1.82, 2.24) is 9.97 Å². The third-order valence-electron chi connectivity index (χ3n) is 5.11. The highest BCUT2D eigenvalue weighted by molar-refractivity contribution is 6.01. The molecule has 30 heavy (non-hydrogen) atoms. The number of rotatable bonds is 6. The van der Waals surface area contributed by atoms with E-state index in [1.807, 2.05) is 51.1 Å². The summed E-state index contributed by atoms with van der Waals surface area (Å²) in [5, 5.41) is 6.64. The lowest BCUT2D eigenvalue weighted by atomic mass is 10.1. The Morgan fingerprint density at radius 2 is 1.80 bits per heavy atom. The lowest BCUT2D eigenvalue weighted by Crippen LogP contribution is -2.10. The van der Waals surface area contributed by atoms with Gasteiger partial charge in [0.25, 0.3) is 0 Å². The van der Waals surface area contributed by atoms with E-state index in [9.17, 15) is 4.79 Å². The van der Waals surface area contributed by atoms with Crippen LogP contribution < -0.4 is 15.4 Å². The van der Waals surface area contributed by atoms with Crippen LogP contribution in [0, 0.1) is 13.8 Å². The zero-order chi connectivity index (χ0) is 21.3.